The molecule has 2 fully saturated rings. The van der Waals surface area contributed by atoms with Crippen molar-refractivity contribution in [2.75, 3.05) is 13.2 Å². The minimum absolute atomic E-state index is 0.113. The van der Waals surface area contributed by atoms with E-state index in [1.165, 1.54) is 0 Å². The van der Waals surface area contributed by atoms with E-state index < -0.39 is 5.41 Å². The van der Waals surface area contributed by atoms with Crippen LogP contribution in [0.1, 0.15) is 32.6 Å². The first kappa shape index (κ1) is 10.4. The van der Waals surface area contributed by atoms with Gasteiger partial charge in [-0.1, -0.05) is 0 Å². The van der Waals surface area contributed by atoms with E-state index in [0.29, 0.717) is 19.4 Å². The van der Waals surface area contributed by atoms with Gasteiger partial charge in [0.1, 0.15) is 5.41 Å². The van der Waals surface area contributed by atoms with Gasteiger partial charge in [0.2, 0.25) is 5.91 Å². The van der Waals surface area contributed by atoms with Crippen LogP contribution in [0.25, 0.3) is 0 Å². The highest BCUT2D eigenvalue weighted by Crippen LogP contribution is 2.45. The van der Waals surface area contributed by atoms with Gasteiger partial charge in [0.05, 0.1) is 18.2 Å². The standard InChI is InChI=1S/C11H16N2O2/c1-10(3-2-6-15-8-10)13-9(14)11(7-12)4-5-11/h2-6,8H2,1H3,(H,13,14). The molecule has 4 heteroatoms. The summed E-state index contributed by atoms with van der Waals surface area (Å²) in [5.74, 6) is -0.113. The second-order valence-corrected chi connectivity index (χ2v) is 4.86. The van der Waals surface area contributed by atoms with E-state index in [9.17, 15) is 4.79 Å². The van der Waals surface area contributed by atoms with Crippen molar-refractivity contribution in [1.82, 2.24) is 5.32 Å². The Kier molecular flexibility index (Phi) is 2.43. The molecule has 0 aromatic heterocycles. The number of rotatable bonds is 2. The van der Waals surface area contributed by atoms with E-state index in [2.05, 4.69) is 11.4 Å². The second-order valence-electron chi connectivity index (χ2n) is 4.86. The highest BCUT2D eigenvalue weighted by molar-refractivity contribution is 5.88. The molecule has 1 N–H and O–H groups in total. The Morgan fingerprint density at radius 1 is 1.47 bits per heavy atom. The number of hydrogen-bond acceptors (Lipinski definition) is 3. The molecule has 82 valence electrons. The van der Waals surface area contributed by atoms with E-state index in [4.69, 9.17) is 10.00 Å². The Morgan fingerprint density at radius 2 is 2.20 bits per heavy atom. The van der Waals surface area contributed by atoms with Crippen molar-refractivity contribution in [2.24, 2.45) is 5.41 Å². The summed E-state index contributed by atoms with van der Waals surface area (Å²) in [6.07, 6.45) is 3.30. The van der Waals surface area contributed by atoms with Gasteiger partial charge in [-0.15, -0.1) is 0 Å². The van der Waals surface area contributed by atoms with E-state index in [-0.39, 0.29) is 11.4 Å². The summed E-state index contributed by atoms with van der Waals surface area (Å²) in [5.41, 5.74) is -0.998. The Labute approximate surface area is 89.6 Å². The van der Waals surface area contributed by atoms with Gasteiger partial charge in [0.15, 0.2) is 0 Å². The molecule has 0 aromatic carbocycles. The molecule has 1 unspecified atom stereocenters. The third-order valence-corrected chi connectivity index (χ3v) is 3.25. The van der Waals surface area contributed by atoms with Crippen molar-refractivity contribution in [2.45, 2.75) is 38.1 Å². The second kappa shape index (κ2) is 3.49. The molecule has 1 amide bonds. The van der Waals surface area contributed by atoms with Crippen LogP contribution in [-0.4, -0.2) is 24.7 Å². The quantitative estimate of drug-likeness (QED) is 0.735. The SMILES string of the molecule is CC1(NC(=O)C2(C#N)CC2)CCCOC1. The molecule has 1 aliphatic carbocycles. The maximum atomic E-state index is 11.8. The number of hydrogen-bond donors (Lipinski definition) is 1. The maximum absolute atomic E-state index is 11.8. The summed E-state index contributed by atoms with van der Waals surface area (Å²) in [6.45, 7) is 3.31. The van der Waals surface area contributed by atoms with Gasteiger partial charge in [-0.2, -0.15) is 5.26 Å². The molecule has 4 nitrogen and oxygen atoms in total. The zero-order valence-electron chi connectivity index (χ0n) is 9.01. The Morgan fingerprint density at radius 3 is 2.67 bits per heavy atom. The van der Waals surface area contributed by atoms with Crippen LogP contribution in [0.2, 0.25) is 0 Å². The van der Waals surface area contributed by atoms with E-state index in [0.717, 1.165) is 19.4 Å². The fourth-order valence-corrected chi connectivity index (χ4v) is 1.94. The topological polar surface area (TPSA) is 62.1 Å². The highest BCUT2D eigenvalue weighted by atomic mass is 16.5. The van der Waals surface area contributed by atoms with Crippen molar-refractivity contribution in [1.29, 1.82) is 5.26 Å². The molecule has 1 saturated carbocycles. The number of nitriles is 1. The van der Waals surface area contributed by atoms with Crippen LogP contribution in [-0.2, 0) is 9.53 Å². The lowest BCUT2D eigenvalue weighted by molar-refractivity contribution is -0.128. The van der Waals surface area contributed by atoms with Crippen LogP contribution in [0, 0.1) is 16.7 Å². The van der Waals surface area contributed by atoms with Gasteiger partial charge in [0, 0.05) is 6.61 Å². The monoisotopic (exact) mass is 208 g/mol. The molecule has 1 atom stereocenters. The molecule has 1 saturated heterocycles. The molecule has 15 heavy (non-hydrogen) atoms. The molecule has 0 aromatic rings. The first-order chi connectivity index (χ1) is 7.10. The number of nitrogens with zero attached hydrogens (tertiary/aromatic N) is 1. The van der Waals surface area contributed by atoms with Crippen molar-refractivity contribution in [3.8, 4) is 6.07 Å². The minimum Gasteiger partial charge on any atom is -0.379 e. The van der Waals surface area contributed by atoms with E-state index >= 15 is 0 Å². The lowest BCUT2D eigenvalue weighted by Gasteiger charge is -2.34. The van der Waals surface area contributed by atoms with Gasteiger partial charge in [0.25, 0.3) is 0 Å². The zero-order chi connectivity index (χ0) is 10.9. The van der Waals surface area contributed by atoms with E-state index in [1.807, 2.05) is 6.92 Å². The Hall–Kier alpha value is -1.08. The van der Waals surface area contributed by atoms with Crippen LogP contribution in [0.5, 0.6) is 0 Å². The summed E-state index contributed by atoms with van der Waals surface area (Å²) >= 11 is 0. The fraction of sp³-hybridized carbons (Fsp3) is 0.818. The van der Waals surface area contributed by atoms with Crippen molar-refractivity contribution >= 4 is 5.91 Å². The molecule has 0 spiro atoms. The van der Waals surface area contributed by atoms with Crippen molar-refractivity contribution < 1.29 is 9.53 Å². The summed E-state index contributed by atoms with van der Waals surface area (Å²) < 4.78 is 5.36. The highest BCUT2D eigenvalue weighted by Gasteiger charge is 2.52. The predicted molar refractivity (Wildman–Crippen MR) is 53.9 cm³/mol. The third-order valence-electron chi connectivity index (χ3n) is 3.25. The Bertz CT molecular complexity index is 309. The van der Waals surface area contributed by atoms with Gasteiger partial charge < -0.3 is 10.1 Å². The number of nitrogens with one attached hydrogen (secondary N) is 1. The average molecular weight is 208 g/mol. The molecule has 2 aliphatic rings. The van der Waals surface area contributed by atoms with Crippen LogP contribution >= 0.6 is 0 Å². The summed E-state index contributed by atoms with van der Waals surface area (Å²) in [6, 6.07) is 2.11. The number of carbonyl (C=O) groups excluding carboxylic acids is 1. The summed E-state index contributed by atoms with van der Waals surface area (Å²) in [5, 5.41) is 11.9. The normalized spacial score (nSPS) is 32.8. The van der Waals surface area contributed by atoms with Crippen LogP contribution in [0.15, 0.2) is 0 Å². The molecular formula is C11H16N2O2. The summed E-state index contributed by atoms with van der Waals surface area (Å²) in [4.78, 5) is 11.8. The van der Waals surface area contributed by atoms with Crippen molar-refractivity contribution in [3.63, 3.8) is 0 Å². The van der Waals surface area contributed by atoms with Crippen LogP contribution in [0.3, 0.4) is 0 Å². The van der Waals surface area contributed by atoms with Crippen LogP contribution < -0.4 is 5.32 Å². The van der Waals surface area contributed by atoms with Crippen LogP contribution in [0.4, 0.5) is 0 Å². The predicted octanol–water partition coefficient (Wildman–Crippen LogP) is 0.975. The number of amides is 1. The zero-order valence-corrected chi connectivity index (χ0v) is 9.01. The molecule has 0 radical (unpaired) electrons. The number of carbonyl (C=O) groups is 1. The van der Waals surface area contributed by atoms with Gasteiger partial charge in [-0.05, 0) is 32.6 Å². The van der Waals surface area contributed by atoms with Crippen molar-refractivity contribution in [3.05, 3.63) is 0 Å². The lowest BCUT2D eigenvalue weighted by Crippen LogP contribution is -2.53. The number of ether oxygens (including phenoxy) is 1. The first-order valence-electron chi connectivity index (χ1n) is 5.42. The third kappa shape index (κ3) is 1.98. The maximum Gasteiger partial charge on any atom is 0.240 e. The molecule has 0 bridgehead atoms. The smallest absolute Gasteiger partial charge is 0.240 e. The van der Waals surface area contributed by atoms with Gasteiger partial charge in [-0.25, -0.2) is 0 Å². The van der Waals surface area contributed by atoms with Gasteiger partial charge in [-0.3, -0.25) is 4.79 Å². The Balaban J connectivity index is 1.96. The minimum atomic E-state index is -0.722. The average Bonchev–Trinajstić information content (AvgIpc) is 2.98. The molecular weight excluding hydrogens is 192 g/mol. The largest absolute Gasteiger partial charge is 0.379 e. The molecule has 1 heterocycles. The van der Waals surface area contributed by atoms with Gasteiger partial charge >= 0.3 is 0 Å². The molecule has 1 aliphatic heterocycles. The lowest BCUT2D eigenvalue weighted by atomic mass is 9.93. The fourth-order valence-electron chi connectivity index (χ4n) is 1.94. The van der Waals surface area contributed by atoms with E-state index in [1.54, 1.807) is 0 Å². The first-order valence-corrected chi connectivity index (χ1v) is 5.42. The molecule has 2 rings (SSSR count). The summed E-state index contributed by atoms with van der Waals surface area (Å²) in [7, 11) is 0.